The highest BCUT2D eigenvalue weighted by Crippen LogP contribution is 2.50. The number of nitrogens with zero attached hydrogens (tertiary/aromatic N) is 1. The smallest absolute Gasteiger partial charge is 0.0733 e. The topological polar surface area (TPSA) is 29.3 Å². The van der Waals surface area contributed by atoms with E-state index in [1.54, 1.807) is 0 Å². The SMILES string of the molecule is NC(=S)CC1(CN2Cc3ccccc3C2)CC1. The summed E-state index contributed by atoms with van der Waals surface area (Å²) in [5, 5.41) is 0. The van der Waals surface area contributed by atoms with Crippen LogP contribution in [0.5, 0.6) is 0 Å². The van der Waals surface area contributed by atoms with Gasteiger partial charge in [-0.1, -0.05) is 36.5 Å². The van der Waals surface area contributed by atoms with E-state index in [0.717, 1.165) is 26.1 Å². The van der Waals surface area contributed by atoms with Crippen LogP contribution in [0.4, 0.5) is 0 Å². The van der Waals surface area contributed by atoms with Crippen molar-refractivity contribution in [1.82, 2.24) is 4.90 Å². The zero-order valence-corrected chi connectivity index (χ0v) is 10.8. The first kappa shape index (κ1) is 11.2. The predicted octanol–water partition coefficient (Wildman–Crippen LogP) is 2.46. The van der Waals surface area contributed by atoms with Crippen LogP contribution in [0.1, 0.15) is 30.4 Å². The van der Waals surface area contributed by atoms with Gasteiger partial charge in [0.25, 0.3) is 0 Å². The van der Waals surface area contributed by atoms with Crippen LogP contribution in [-0.2, 0) is 13.1 Å². The largest absolute Gasteiger partial charge is 0.393 e. The van der Waals surface area contributed by atoms with Gasteiger partial charge in [-0.25, -0.2) is 0 Å². The molecule has 2 N–H and O–H groups in total. The molecule has 1 aromatic carbocycles. The summed E-state index contributed by atoms with van der Waals surface area (Å²) < 4.78 is 0. The van der Waals surface area contributed by atoms with Gasteiger partial charge >= 0.3 is 0 Å². The minimum absolute atomic E-state index is 0.411. The Morgan fingerprint density at radius 1 is 1.24 bits per heavy atom. The van der Waals surface area contributed by atoms with E-state index in [0.29, 0.717) is 10.4 Å². The van der Waals surface area contributed by atoms with E-state index in [2.05, 4.69) is 29.2 Å². The Hall–Kier alpha value is -0.930. The number of hydrogen-bond acceptors (Lipinski definition) is 2. The average Bonchev–Trinajstić information content (AvgIpc) is 2.89. The van der Waals surface area contributed by atoms with Crippen molar-refractivity contribution in [3.63, 3.8) is 0 Å². The number of nitrogens with two attached hydrogens (primary N) is 1. The Balaban J connectivity index is 1.64. The maximum Gasteiger partial charge on any atom is 0.0733 e. The molecule has 0 unspecified atom stereocenters. The fraction of sp³-hybridized carbons (Fsp3) is 0.500. The zero-order chi connectivity index (χ0) is 11.9. The Morgan fingerprint density at radius 3 is 2.29 bits per heavy atom. The van der Waals surface area contributed by atoms with E-state index in [-0.39, 0.29) is 0 Å². The molecule has 0 aromatic heterocycles. The highest BCUT2D eigenvalue weighted by Gasteiger charge is 2.44. The molecule has 0 spiro atoms. The molecule has 1 aliphatic heterocycles. The Bertz CT molecular complexity index is 426. The van der Waals surface area contributed by atoms with Crippen molar-refractivity contribution in [2.24, 2.45) is 11.1 Å². The van der Waals surface area contributed by atoms with Crippen LogP contribution in [0.2, 0.25) is 0 Å². The van der Waals surface area contributed by atoms with Crippen molar-refractivity contribution >= 4 is 17.2 Å². The number of thiocarbonyl (C=S) groups is 1. The van der Waals surface area contributed by atoms with Crippen LogP contribution in [0.15, 0.2) is 24.3 Å². The van der Waals surface area contributed by atoms with Gasteiger partial charge in [0.2, 0.25) is 0 Å². The minimum atomic E-state index is 0.411. The Labute approximate surface area is 108 Å². The lowest BCUT2D eigenvalue weighted by atomic mass is 10.0. The summed E-state index contributed by atoms with van der Waals surface area (Å²) in [6.07, 6.45) is 3.50. The fourth-order valence-electron chi connectivity index (χ4n) is 2.93. The molecule has 3 heteroatoms. The zero-order valence-electron chi connectivity index (χ0n) is 9.98. The monoisotopic (exact) mass is 246 g/mol. The van der Waals surface area contributed by atoms with E-state index in [1.807, 2.05) is 0 Å². The molecule has 3 rings (SSSR count). The highest BCUT2D eigenvalue weighted by molar-refractivity contribution is 7.80. The molecule has 2 aliphatic rings. The first-order valence-electron chi connectivity index (χ1n) is 6.24. The van der Waals surface area contributed by atoms with Crippen LogP contribution in [-0.4, -0.2) is 16.4 Å². The summed E-state index contributed by atoms with van der Waals surface area (Å²) in [7, 11) is 0. The lowest BCUT2D eigenvalue weighted by Gasteiger charge is -2.22. The van der Waals surface area contributed by atoms with Crippen LogP contribution in [0.25, 0.3) is 0 Å². The van der Waals surface area contributed by atoms with Gasteiger partial charge in [-0.3, -0.25) is 4.90 Å². The van der Waals surface area contributed by atoms with Gasteiger partial charge in [0.15, 0.2) is 0 Å². The molecular weight excluding hydrogens is 228 g/mol. The van der Waals surface area contributed by atoms with Crippen LogP contribution in [0, 0.1) is 5.41 Å². The second kappa shape index (κ2) is 4.07. The van der Waals surface area contributed by atoms with E-state index in [1.165, 1.54) is 24.0 Å². The average molecular weight is 246 g/mol. The molecule has 0 amide bonds. The van der Waals surface area contributed by atoms with Gasteiger partial charge in [0, 0.05) is 26.1 Å². The van der Waals surface area contributed by atoms with Crippen molar-refractivity contribution in [3.8, 4) is 0 Å². The Kier molecular flexibility index (Phi) is 2.68. The van der Waals surface area contributed by atoms with Gasteiger partial charge in [-0.05, 0) is 29.4 Å². The normalized spacial score (nSPS) is 21.2. The lowest BCUT2D eigenvalue weighted by Crippen LogP contribution is -2.28. The lowest BCUT2D eigenvalue weighted by molar-refractivity contribution is 0.227. The number of fused-ring (bicyclic) bond motifs is 1. The minimum Gasteiger partial charge on any atom is -0.393 e. The van der Waals surface area contributed by atoms with E-state index in [4.69, 9.17) is 18.0 Å². The second-order valence-electron chi connectivity index (χ2n) is 5.56. The van der Waals surface area contributed by atoms with Crippen molar-refractivity contribution in [1.29, 1.82) is 0 Å². The maximum atomic E-state index is 5.69. The van der Waals surface area contributed by atoms with Gasteiger partial charge in [-0.2, -0.15) is 0 Å². The van der Waals surface area contributed by atoms with Crippen LogP contribution in [0.3, 0.4) is 0 Å². The molecule has 2 nitrogen and oxygen atoms in total. The van der Waals surface area contributed by atoms with Gasteiger partial charge in [-0.15, -0.1) is 0 Å². The second-order valence-corrected chi connectivity index (χ2v) is 6.08. The molecule has 90 valence electrons. The summed E-state index contributed by atoms with van der Waals surface area (Å²) >= 11 is 5.05. The van der Waals surface area contributed by atoms with Crippen molar-refractivity contribution in [2.75, 3.05) is 6.54 Å². The van der Waals surface area contributed by atoms with Crippen LogP contribution >= 0.6 is 12.2 Å². The van der Waals surface area contributed by atoms with Crippen LogP contribution < -0.4 is 5.73 Å². The molecule has 0 atom stereocenters. The van der Waals surface area contributed by atoms with Crippen molar-refractivity contribution in [3.05, 3.63) is 35.4 Å². The fourth-order valence-corrected chi connectivity index (χ4v) is 3.23. The third kappa shape index (κ3) is 2.35. The molecule has 1 heterocycles. The highest BCUT2D eigenvalue weighted by atomic mass is 32.1. The van der Waals surface area contributed by atoms with E-state index >= 15 is 0 Å². The molecular formula is C14H18N2S. The molecule has 0 bridgehead atoms. The van der Waals surface area contributed by atoms with Crippen molar-refractivity contribution < 1.29 is 0 Å². The van der Waals surface area contributed by atoms with E-state index in [9.17, 15) is 0 Å². The summed E-state index contributed by atoms with van der Waals surface area (Å²) in [6, 6.07) is 8.74. The molecule has 1 fully saturated rings. The van der Waals surface area contributed by atoms with Crippen molar-refractivity contribution in [2.45, 2.75) is 32.4 Å². The molecule has 17 heavy (non-hydrogen) atoms. The predicted molar refractivity (Wildman–Crippen MR) is 73.6 cm³/mol. The molecule has 1 aromatic rings. The number of hydrogen-bond donors (Lipinski definition) is 1. The standard InChI is InChI=1S/C14H18N2S/c15-13(17)7-14(5-6-14)10-16-8-11-3-1-2-4-12(11)9-16/h1-4H,5-10H2,(H2,15,17). The summed E-state index contributed by atoms with van der Waals surface area (Å²) in [4.78, 5) is 3.22. The molecule has 0 radical (unpaired) electrons. The summed E-state index contributed by atoms with van der Waals surface area (Å²) in [5.74, 6) is 0. The quantitative estimate of drug-likeness (QED) is 0.828. The first-order valence-corrected chi connectivity index (χ1v) is 6.65. The summed E-state index contributed by atoms with van der Waals surface area (Å²) in [6.45, 7) is 3.34. The number of benzene rings is 1. The molecule has 1 aliphatic carbocycles. The van der Waals surface area contributed by atoms with Gasteiger partial charge in [0.05, 0.1) is 4.99 Å². The molecule has 0 saturated heterocycles. The van der Waals surface area contributed by atoms with Gasteiger partial charge in [0.1, 0.15) is 0 Å². The maximum absolute atomic E-state index is 5.69. The van der Waals surface area contributed by atoms with E-state index < -0.39 is 0 Å². The third-order valence-electron chi connectivity index (χ3n) is 3.97. The van der Waals surface area contributed by atoms with Gasteiger partial charge < -0.3 is 5.73 Å². The number of rotatable bonds is 4. The Morgan fingerprint density at radius 2 is 1.82 bits per heavy atom. The molecule has 1 saturated carbocycles. The summed E-state index contributed by atoms with van der Waals surface area (Å²) in [5.41, 5.74) is 9.07. The first-order chi connectivity index (χ1) is 8.17. The third-order valence-corrected chi connectivity index (χ3v) is 4.12.